The number of fused-ring (bicyclic) bond motifs is 1. The lowest BCUT2D eigenvalue weighted by Gasteiger charge is -2.28. The third-order valence-corrected chi connectivity index (χ3v) is 9.09. The van der Waals surface area contributed by atoms with Crippen molar-refractivity contribution in [2.75, 3.05) is 14.2 Å². The summed E-state index contributed by atoms with van der Waals surface area (Å²) < 4.78 is 37.5. The third-order valence-electron chi connectivity index (χ3n) is 7.15. The standard InChI is InChI=1S/C29H28O5S/c1-33-23-12-8-20(9-13-23)16-17-29(30)18-25(22-10-14-24(34-2)15-11-22)28-27(29)26(19-35(28,31)32)21-6-4-3-5-7-21/h3-17,19,25,27-28,30H,18H2,1-2H3/b17-16+/t25-,27-,28-,29+/m1/s1. The molecule has 0 bridgehead atoms. The number of benzene rings is 3. The summed E-state index contributed by atoms with van der Waals surface area (Å²) in [7, 11) is -0.388. The maximum absolute atomic E-state index is 13.5. The van der Waals surface area contributed by atoms with Gasteiger partial charge in [-0.05, 0) is 52.9 Å². The van der Waals surface area contributed by atoms with Crippen LogP contribution in [-0.4, -0.2) is 38.6 Å². The molecule has 1 aliphatic carbocycles. The zero-order chi connectivity index (χ0) is 24.6. The van der Waals surface area contributed by atoms with Crippen LogP contribution in [0.5, 0.6) is 11.5 Å². The zero-order valence-electron chi connectivity index (χ0n) is 19.7. The molecule has 5 rings (SSSR count). The van der Waals surface area contributed by atoms with E-state index < -0.39 is 26.6 Å². The largest absolute Gasteiger partial charge is 0.497 e. The van der Waals surface area contributed by atoms with Gasteiger partial charge in [-0.1, -0.05) is 66.7 Å². The fourth-order valence-corrected chi connectivity index (χ4v) is 7.74. The third kappa shape index (κ3) is 4.28. The summed E-state index contributed by atoms with van der Waals surface area (Å²) in [6.45, 7) is 0. The first kappa shape index (κ1) is 23.4. The van der Waals surface area contributed by atoms with Crippen LogP contribution in [0.1, 0.15) is 29.0 Å². The molecule has 1 N–H and O–H groups in total. The number of ether oxygens (including phenoxy) is 2. The molecule has 3 aromatic rings. The molecule has 1 fully saturated rings. The van der Waals surface area contributed by atoms with Gasteiger partial charge in [0.05, 0.1) is 25.1 Å². The first-order valence-electron chi connectivity index (χ1n) is 11.6. The molecule has 0 unspecified atom stereocenters. The Balaban J connectivity index is 1.59. The van der Waals surface area contributed by atoms with Crippen LogP contribution in [0.3, 0.4) is 0 Å². The highest BCUT2D eigenvalue weighted by Crippen LogP contribution is 2.58. The summed E-state index contributed by atoms with van der Waals surface area (Å²) in [5.74, 6) is 0.503. The lowest BCUT2D eigenvalue weighted by Crippen LogP contribution is -2.35. The van der Waals surface area contributed by atoms with Crippen LogP contribution in [0.15, 0.2) is 90.3 Å². The maximum atomic E-state index is 13.5. The van der Waals surface area contributed by atoms with Crippen molar-refractivity contribution in [3.05, 3.63) is 107 Å². The maximum Gasteiger partial charge on any atom is 0.176 e. The van der Waals surface area contributed by atoms with E-state index in [0.717, 1.165) is 22.4 Å². The SMILES string of the molecule is COc1ccc(/C=C/[C@]2(O)C[C@H](c3ccc(OC)cc3)[C@@H]3[C@H]2C(c2ccccc2)=CS3(=O)=O)cc1. The number of aliphatic hydroxyl groups is 1. The van der Waals surface area contributed by atoms with Gasteiger partial charge in [0.15, 0.2) is 9.84 Å². The molecule has 180 valence electrons. The fraction of sp³-hybridized carbons (Fsp3) is 0.241. The van der Waals surface area contributed by atoms with Crippen LogP contribution in [-0.2, 0) is 9.84 Å². The first-order chi connectivity index (χ1) is 16.8. The van der Waals surface area contributed by atoms with Gasteiger partial charge in [0.1, 0.15) is 11.5 Å². The molecule has 6 heteroatoms. The number of sulfone groups is 1. The van der Waals surface area contributed by atoms with Crippen LogP contribution < -0.4 is 9.47 Å². The smallest absolute Gasteiger partial charge is 0.176 e. The Morgan fingerprint density at radius 2 is 1.49 bits per heavy atom. The predicted octanol–water partition coefficient (Wildman–Crippen LogP) is 5.09. The highest BCUT2D eigenvalue weighted by molar-refractivity contribution is 7.95. The first-order valence-corrected chi connectivity index (χ1v) is 13.2. The number of hydrogen-bond donors (Lipinski definition) is 1. The summed E-state index contributed by atoms with van der Waals surface area (Å²) in [5.41, 5.74) is 1.90. The molecule has 2 aliphatic rings. The van der Waals surface area contributed by atoms with E-state index in [9.17, 15) is 13.5 Å². The Labute approximate surface area is 206 Å². The van der Waals surface area contributed by atoms with E-state index in [2.05, 4.69) is 0 Å². The van der Waals surface area contributed by atoms with Gasteiger partial charge in [0, 0.05) is 17.2 Å². The summed E-state index contributed by atoms with van der Waals surface area (Å²) in [6, 6.07) is 24.5. The van der Waals surface area contributed by atoms with E-state index in [1.165, 1.54) is 5.41 Å². The average Bonchev–Trinajstić information content (AvgIpc) is 3.36. The molecule has 1 heterocycles. The van der Waals surface area contributed by atoms with Gasteiger partial charge < -0.3 is 14.6 Å². The van der Waals surface area contributed by atoms with Crippen molar-refractivity contribution in [1.29, 1.82) is 0 Å². The molecular formula is C29H28O5S. The molecular weight excluding hydrogens is 460 g/mol. The van der Waals surface area contributed by atoms with E-state index in [1.54, 1.807) is 20.3 Å². The number of rotatable bonds is 6. The summed E-state index contributed by atoms with van der Waals surface area (Å²) in [6.07, 6.45) is 3.93. The number of methoxy groups -OCH3 is 2. The van der Waals surface area contributed by atoms with Gasteiger partial charge >= 0.3 is 0 Å². The van der Waals surface area contributed by atoms with Crippen LogP contribution in [0, 0.1) is 5.92 Å². The van der Waals surface area contributed by atoms with Gasteiger partial charge in [-0.25, -0.2) is 8.42 Å². The Morgan fingerprint density at radius 3 is 2.09 bits per heavy atom. The molecule has 0 aromatic heterocycles. The monoisotopic (exact) mass is 488 g/mol. The molecule has 1 saturated carbocycles. The van der Waals surface area contributed by atoms with Crippen LogP contribution in [0.4, 0.5) is 0 Å². The molecule has 35 heavy (non-hydrogen) atoms. The molecule has 5 nitrogen and oxygen atoms in total. The minimum atomic E-state index is -3.60. The van der Waals surface area contributed by atoms with Crippen LogP contribution in [0.25, 0.3) is 11.6 Å². The van der Waals surface area contributed by atoms with Crippen molar-refractivity contribution in [2.24, 2.45) is 5.92 Å². The highest BCUT2D eigenvalue weighted by atomic mass is 32.2. The Morgan fingerprint density at radius 1 is 0.886 bits per heavy atom. The fourth-order valence-electron chi connectivity index (χ4n) is 5.47. The van der Waals surface area contributed by atoms with Crippen LogP contribution >= 0.6 is 0 Å². The van der Waals surface area contributed by atoms with Gasteiger partial charge in [-0.2, -0.15) is 0 Å². The van der Waals surface area contributed by atoms with Gasteiger partial charge in [-0.15, -0.1) is 0 Å². The quantitative estimate of drug-likeness (QED) is 0.523. The average molecular weight is 489 g/mol. The lowest BCUT2D eigenvalue weighted by atomic mass is 9.81. The van der Waals surface area contributed by atoms with Crippen LogP contribution in [0.2, 0.25) is 0 Å². The Hall–Kier alpha value is -3.35. The second-order valence-electron chi connectivity index (χ2n) is 9.15. The summed E-state index contributed by atoms with van der Waals surface area (Å²) in [5, 5.41) is 12.7. The molecule has 0 saturated heterocycles. The Bertz CT molecular complexity index is 1360. The Kier molecular flexibility index (Phi) is 6.03. The minimum absolute atomic E-state index is 0.296. The van der Waals surface area contributed by atoms with Crippen molar-refractivity contribution < 1.29 is 23.0 Å². The van der Waals surface area contributed by atoms with E-state index in [-0.39, 0.29) is 5.92 Å². The molecule has 0 radical (unpaired) electrons. The highest BCUT2D eigenvalue weighted by Gasteiger charge is 2.60. The van der Waals surface area contributed by atoms with E-state index in [1.807, 2.05) is 84.9 Å². The zero-order valence-corrected chi connectivity index (χ0v) is 20.5. The topological polar surface area (TPSA) is 72.8 Å². The summed E-state index contributed by atoms with van der Waals surface area (Å²) >= 11 is 0. The molecule has 3 aromatic carbocycles. The molecule has 1 aliphatic heterocycles. The van der Waals surface area contributed by atoms with E-state index in [0.29, 0.717) is 17.7 Å². The molecule has 4 atom stereocenters. The molecule has 0 spiro atoms. The number of hydrogen-bond acceptors (Lipinski definition) is 5. The van der Waals surface area contributed by atoms with Crippen molar-refractivity contribution in [2.45, 2.75) is 23.2 Å². The summed E-state index contributed by atoms with van der Waals surface area (Å²) in [4.78, 5) is 0. The van der Waals surface area contributed by atoms with Crippen molar-refractivity contribution in [3.63, 3.8) is 0 Å². The van der Waals surface area contributed by atoms with Crippen molar-refractivity contribution >= 4 is 21.5 Å². The molecule has 0 amide bonds. The lowest BCUT2D eigenvalue weighted by molar-refractivity contribution is 0.0738. The van der Waals surface area contributed by atoms with Gasteiger partial charge in [0.25, 0.3) is 0 Å². The van der Waals surface area contributed by atoms with Crippen molar-refractivity contribution in [1.82, 2.24) is 0 Å². The minimum Gasteiger partial charge on any atom is -0.497 e. The van der Waals surface area contributed by atoms with Gasteiger partial charge in [-0.3, -0.25) is 0 Å². The van der Waals surface area contributed by atoms with Crippen molar-refractivity contribution in [3.8, 4) is 11.5 Å². The second-order valence-corrected chi connectivity index (χ2v) is 11.1. The predicted molar refractivity (Wildman–Crippen MR) is 138 cm³/mol. The van der Waals surface area contributed by atoms with E-state index in [4.69, 9.17) is 9.47 Å². The van der Waals surface area contributed by atoms with Gasteiger partial charge in [0.2, 0.25) is 0 Å². The second kappa shape index (κ2) is 9.02. The van der Waals surface area contributed by atoms with E-state index >= 15 is 0 Å². The normalized spacial score (nSPS) is 26.9.